The van der Waals surface area contributed by atoms with E-state index >= 15 is 0 Å². The van der Waals surface area contributed by atoms with Gasteiger partial charge in [0.15, 0.2) is 21.4 Å². The molecule has 0 saturated heterocycles. The molecule has 0 unspecified atom stereocenters. The first kappa shape index (κ1) is 22.0. The molecule has 0 aliphatic heterocycles. The number of aromatic hydroxyl groups is 1. The summed E-state index contributed by atoms with van der Waals surface area (Å²) in [7, 11) is -3.61. The first-order valence-corrected chi connectivity index (χ1v) is 11.8. The van der Waals surface area contributed by atoms with Crippen LogP contribution < -0.4 is 11.1 Å². The molecule has 0 spiro atoms. The van der Waals surface area contributed by atoms with Crippen LogP contribution in [0.4, 0.5) is 15.8 Å². The molecule has 0 radical (unpaired) electrons. The maximum Gasteiger partial charge on any atom is 0.179 e. The Kier molecular flexibility index (Phi) is 5.77. The summed E-state index contributed by atoms with van der Waals surface area (Å²) in [5.74, 6) is -1.48. The van der Waals surface area contributed by atoms with Crippen LogP contribution in [0.15, 0.2) is 65.7 Å². The van der Waals surface area contributed by atoms with Crippen molar-refractivity contribution in [2.75, 3.05) is 11.6 Å². The van der Waals surface area contributed by atoms with Gasteiger partial charge in [0.2, 0.25) is 0 Å². The molecule has 4 aromatic rings. The monoisotopic (exact) mass is 471 g/mol. The van der Waals surface area contributed by atoms with Gasteiger partial charge in [0.1, 0.15) is 4.90 Å². The fraction of sp³-hybridized carbons (Fsp3) is 0.0870. The van der Waals surface area contributed by atoms with Gasteiger partial charge in [-0.25, -0.2) is 12.8 Å². The molecule has 0 fully saturated rings. The molecule has 0 aliphatic carbocycles. The summed E-state index contributed by atoms with van der Waals surface area (Å²) in [4.78, 5) is 4.31. The third kappa shape index (κ3) is 4.25. The zero-order valence-electron chi connectivity index (χ0n) is 16.9. The van der Waals surface area contributed by atoms with Crippen LogP contribution in [-0.2, 0) is 16.4 Å². The Morgan fingerprint density at radius 3 is 2.44 bits per heavy atom. The summed E-state index contributed by atoms with van der Waals surface area (Å²) in [5, 5.41) is 13.2. The number of hydrogen-bond acceptors (Lipinski definition) is 6. The minimum atomic E-state index is -3.61. The van der Waals surface area contributed by atoms with E-state index in [1.54, 1.807) is 30.3 Å². The van der Waals surface area contributed by atoms with Crippen LogP contribution in [0, 0.1) is 5.82 Å². The Morgan fingerprint density at radius 2 is 1.81 bits per heavy atom. The first-order chi connectivity index (χ1) is 15.2. The number of aromatic nitrogens is 1. The number of nitrogens with one attached hydrogen (secondary N) is 1. The van der Waals surface area contributed by atoms with Crippen molar-refractivity contribution in [3.05, 3.63) is 77.2 Å². The van der Waals surface area contributed by atoms with Gasteiger partial charge >= 0.3 is 0 Å². The van der Waals surface area contributed by atoms with Crippen LogP contribution >= 0.6 is 11.6 Å². The number of rotatable bonds is 5. The van der Waals surface area contributed by atoms with Gasteiger partial charge in [-0.3, -0.25) is 4.98 Å². The first-order valence-electron chi connectivity index (χ1n) is 9.54. The van der Waals surface area contributed by atoms with Crippen molar-refractivity contribution in [2.45, 2.75) is 11.4 Å². The molecule has 1 heterocycles. The van der Waals surface area contributed by atoms with E-state index in [1.807, 2.05) is 12.1 Å². The van der Waals surface area contributed by atoms with Crippen molar-refractivity contribution >= 4 is 43.7 Å². The van der Waals surface area contributed by atoms with Crippen molar-refractivity contribution in [1.29, 1.82) is 0 Å². The molecule has 6 nitrogen and oxygen atoms in total. The highest BCUT2D eigenvalue weighted by molar-refractivity contribution is 7.90. The lowest BCUT2D eigenvalue weighted by Crippen LogP contribution is -2.05. The predicted octanol–water partition coefficient (Wildman–Crippen LogP) is 5.01. The summed E-state index contributed by atoms with van der Waals surface area (Å²) in [6, 6.07) is 15.0. The highest BCUT2D eigenvalue weighted by Crippen LogP contribution is 2.37. The van der Waals surface area contributed by atoms with E-state index in [0.29, 0.717) is 39.9 Å². The molecule has 9 heteroatoms. The number of nitrogens with zero attached hydrogens (tertiary/aromatic N) is 1. The van der Waals surface area contributed by atoms with Crippen molar-refractivity contribution in [3.63, 3.8) is 0 Å². The lowest BCUT2D eigenvalue weighted by Gasteiger charge is -2.15. The fourth-order valence-electron chi connectivity index (χ4n) is 3.36. The average molecular weight is 472 g/mol. The Bertz CT molecular complexity index is 1420. The van der Waals surface area contributed by atoms with Crippen LogP contribution in [0.25, 0.3) is 22.0 Å². The van der Waals surface area contributed by atoms with Gasteiger partial charge in [0, 0.05) is 30.1 Å². The van der Waals surface area contributed by atoms with Crippen LogP contribution in [0.3, 0.4) is 0 Å². The molecule has 0 saturated carbocycles. The zero-order valence-corrected chi connectivity index (χ0v) is 18.5. The predicted molar refractivity (Wildman–Crippen MR) is 125 cm³/mol. The van der Waals surface area contributed by atoms with Crippen LogP contribution in [0.1, 0.15) is 5.56 Å². The largest absolute Gasteiger partial charge is 0.504 e. The summed E-state index contributed by atoms with van der Waals surface area (Å²) in [6.07, 6.45) is 2.42. The minimum Gasteiger partial charge on any atom is -0.504 e. The second kappa shape index (κ2) is 8.38. The number of benzene rings is 3. The van der Waals surface area contributed by atoms with Crippen molar-refractivity contribution in [3.8, 4) is 16.9 Å². The summed E-state index contributed by atoms with van der Waals surface area (Å²) in [5.41, 5.74) is 9.16. The molecule has 32 heavy (non-hydrogen) atoms. The Morgan fingerprint density at radius 1 is 1.09 bits per heavy atom. The minimum absolute atomic E-state index is 0.0278. The molecule has 0 atom stereocenters. The van der Waals surface area contributed by atoms with E-state index in [4.69, 9.17) is 17.3 Å². The molecule has 4 N–H and O–H groups in total. The van der Waals surface area contributed by atoms with E-state index in [1.165, 1.54) is 12.3 Å². The number of phenols is 1. The zero-order chi connectivity index (χ0) is 23.0. The molecule has 164 valence electrons. The molecule has 0 amide bonds. The van der Waals surface area contributed by atoms with Gasteiger partial charge in [-0.05, 0) is 53.1 Å². The van der Waals surface area contributed by atoms with Crippen molar-refractivity contribution < 1.29 is 17.9 Å². The van der Waals surface area contributed by atoms with E-state index in [0.717, 1.165) is 17.9 Å². The second-order valence-corrected chi connectivity index (χ2v) is 9.71. The fourth-order valence-corrected chi connectivity index (χ4v) is 4.35. The molecule has 4 rings (SSSR count). The number of halogens is 2. The highest BCUT2D eigenvalue weighted by atomic mass is 35.5. The maximum atomic E-state index is 14.0. The Hall–Kier alpha value is -3.20. The summed E-state index contributed by atoms with van der Waals surface area (Å²) >= 11 is 5.93. The SMILES string of the molecule is CS(=O)(=O)c1cnc2ccc(-c3cc(F)c(O)c(Cl)c3)cc2c1Nc1ccc(CN)cc1. The van der Waals surface area contributed by atoms with E-state index in [-0.39, 0.29) is 9.92 Å². The third-order valence-corrected chi connectivity index (χ3v) is 6.44. The third-order valence-electron chi connectivity index (χ3n) is 5.04. The lowest BCUT2D eigenvalue weighted by molar-refractivity contribution is 0.433. The molecule has 3 aromatic carbocycles. The Balaban J connectivity index is 1.93. The van der Waals surface area contributed by atoms with Gasteiger partial charge in [-0.2, -0.15) is 0 Å². The van der Waals surface area contributed by atoms with Crippen molar-refractivity contribution in [1.82, 2.24) is 4.98 Å². The van der Waals surface area contributed by atoms with Gasteiger partial charge in [0.25, 0.3) is 0 Å². The number of fused-ring (bicyclic) bond motifs is 1. The van der Waals surface area contributed by atoms with E-state index in [9.17, 15) is 17.9 Å². The molecular weight excluding hydrogens is 453 g/mol. The topological polar surface area (TPSA) is 105 Å². The van der Waals surface area contributed by atoms with Crippen LogP contribution in [0.2, 0.25) is 5.02 Å². The normalized spacial score (nSPS) is 11.6. The average Bonchev–Trinajstić information content (AvgIpc) is 2.76. The van der Waals surface area contributed by atoms with Crippen LogP contribution in [-0.4, -0.2) is 24.8 Å². The number of pyridine rings is 1. The molecule has 1 aromatic heterocycles. The van der Waals surface area contributed by atoms with Gasteiger partial charge < -0.3 is 16.2 Å². The number of phenolic OH excluding ortho intramolecular Hbond substituents is 1. The standard InChI is InChI=1S/C23H19ClFN3O3S/c1-32(30,31)21-12-27-20-7-4-14(15-9-18(24)23(29)19(25)10-15)8-17(20)22(21)28-16-5-2-13(11-26)3-6-16/h2-10,12,29H,11,26H2,1H3,(H,27,28). The van der Waals surface area contributed by atoms with Gasteiger partial charge in [0.05, 0.1) is 16.2 Å². The number of nitrogens with two attached hydrogens (primary N) is 1. The smallest absolute Gasteiger partial charge is 0.179 e. The summed E-state index contributed by atoms with van der Waals surface area (Å²) in [6.45, 7) is 0.391. The number of hydrogen-bond donors (Lipinski definition) is 3. The second-order valence-electron chi connectivity index (χ2n) is 7.32. The van der Waals surface area contributed by atoms with Gasteiger partial charge in [-0.1, -0.05) is 29.8 Å². The van der Waals surface area contributed by atoms with E-state index in [2.05, 4.69) is 10.3 Å². The number of sulfone groups is 1. The number of anilines is 2. The van der Waals surface area contributed by atoms with Gasteiger partial charge in [-0.15, -0.1) is 0 Å². The molecule has 0 aliphatic rings. The quantitative estimate of drug-likeness (QED) is 0.378. The Labute approximate surface area is 189 Å². The highest BCUT2D eigenvalue weighted by Gasteiger charge is 2.19. The van der Waals surface area contributed by atoms with Crippen LogP contribution in [0.5, 0.6) is 5.75 Å². The molecular formula is C23H19ClFN3O3S. The van der Waals surface area contributed by atoms with Crippen molar-refractivity contribution in [2.24, 2.45) is 5.73 Å². The molecule has 0 bridgehead atoms. The van der Waals surface area contributed by atoms with E-state index < -0.39 is 21.4 Å². The lowest BCUT2D eigenvalue weighted by atomic mass is 10.0. The maximum absolute atomic E-state index is 14.0. The summed E-state index contributed by atoms with van der Waals surface area (Å²) < 4.78 is 39.0.